The average Bonchev–Trinajstić information content (AvgIpc) is 2.78. The fourth-order valence-corrected chi connectivity index (χ4v) is 5.29. The first-order chi connectivity index (χ1) is 15.6. The number of piperidine rings is 1. The third kappa shape index (κ3) is 4.32. The Hall–Kier alpha value is -2.98. The van der Waals surface area contributed by atoms with Crippen LogP contribution < -0.4 is 15.1 Å². The molecule has 2 aromatic rings. The molecule has 8 nitrogen and oxygen atoms in total. The molecule has 2 amide bonds. The van der Waals surface area contributed by atoms with Gasteiger partial charge in [-0.2, -0.15) is 0 Å². The molecule has 0 unspecified atom stereocenters. The van der Waals surface area contributed by atoms with Gasteiger partial charge in [0, 0.05) is 26.3 Å². The molecule has 1 atom stereocenters. The minimum Gasteiger partial charge on any atom is -0.358 e. The predicted molar refractivity (Wildman–Crippen MR) is 124 cm³/mol. The summed E-state index contributed by atoms with van der Waals surface area (Å²) in [6.45, 7) is 2.09. The van der Waals surface area contributed by atoms with Crippen LogP contribution in [0.25, 0.3) is 0 Å². The Morgan fingerprint density at radius 3 is 2.61 bits per heavy atom. The Kier molecular flexibility index (Phi) is 6.15. The molecule has 176 valence electrons. The Bertz CT molecular complexity index is 1210. The number of carbonyl (C=O) groups excluding carboxylic acids is 2. The maximum Gasteiger partial charge on any atom is 0.250 e. The number of nitrogens with one attached hydrogen (secondary N) is 1. The van der Waals surface area contributed by atoms with Gasteiger partial charge in [-0.05, 0) is 68.1 Å². The lowest BCUT2D eigenvalue weighted by atomic mass is 9.96. The molecule has 2 heterocycles. The topological polar surface area (TPSA) is 90.0 Å². The lowest BCUT2D eigenvalue weighted by Crippen LogP contribution is -2.56. The fraction of sp³-hybridized carbons (Fsp3) is 0.391. The zero-order valence-electron chi connectivity index (χ0n) is 18.8. The number of hydrogen-bond acceptors (Lipinski definition) is 5. The number of amides is 2. The Morgan fingerprint density at radius 1 is 1.15 bits per heavy atom. The number of benzene rings is 2. The second-order valence-corrected chi connectivity index (χ2v) is 10.7. The van der Waals surface area contributed by atoms with Crippen molar-refractivity contribution < 1.29 is 22.4 Å². The van der Waals surface area contributed by atoms with Crippen molar-refractivity contribution in [1.29, 1.82) is 0 Å². The van der Waals surface area contributed by atoms with E-state index in [1.807, 2.05) is 4.90 Å². The number of rotatable bonds is 5. The maximum absolute atomic E-state index is 13.4. The van der Waals surface area contributed by atoms with Crippen molar-refractivity contribution in [2.24, 2.45) is 0 Å². The molecule has 2 aliphatic rings. The number of carbonyl (C=O) groups is 2. The van der Waals surface area contributed by atoms with Crippen molar-refractivity contribution in [3.05, 3.63) is 47.8 Å². The molecule has 1 N–H and O–H groups in total. The predicted octanol–water partition coefficient (Wildman–Crippen LogP) is 2.73. The van der Waals surface area contributed by atoms with Gasteiger partial charge in [-0.15, -0.1) is 0 Å². The van der Waals surface area contributed by atoms with Crippen molar-refractivity contribution in [2.45, 2.75) is 37.1 Å². The van der Waals surface area contributed by atoms with E-state index < -0.39 is 21.7 Å². The van der Waals surface area contributed by atoms with Crippen molar-refractivity contribution in [3.8, 4) is 0 Å². The smallest absolute Gasteiger partial charge is 0.250 e. The second kappa shape index (κ2) is 8.75. The first kappa shape index (κ1) is 23.2. The maximum atomic E-state index is 13.4. The molecular formula is C23H27FN4O4S. The largest absolute Gasteiger partial charge is 0.358 e. The highest BCUT2D eigenvalue weighted by molar-refractivity contribution is 7.89. The standard InChI is InChI=1S/C23H27FN4O4S/c1-15-12-16(24)7-9-18(15)25-22(29)14-28-21-13-17(33(31,32)26(2)3)8-10-19(21)27-11-5-4-6-20(27)23(28)30/h7-10,12-13,20H,4-6,11,14H2,1-3H3,(H,25,29)/t20-/m0/s1. The lowest BCUT2D eigenvalue weighted by molar-refractivity contribution is -0.123. The molecule has 0 aromatic heterocycles. The number of halogens is 1. The number of sulfonamides is 1. The second-order valence-electron chi connectivity index (χ2n) is 8.57. The highest BCUT2D eigenvalue weighted by atomic mass is 32.2. The van der Waals surface area contributed by atoms with Gasteiger partial charge in [-0.25, -0.2) is 17.1 Å². The number of nitrogens with zero attached hydrogens (tertiary/aromatic N) is 3. The van der Waals surface area contributed by atoms with Gasteiger partial charge in [-0.3, -0.25) is 14.5 Å². The molecule has 2 aromatic carbocycles. The van der Waals surface area contributed by atoms with Crippen LogP contribution in [0.4, 0.5) is 21.5 Å². The summed E-state index contributed by atoms with van der Waals surface area (Å²) >= 11 is 0. The summed E-state index contributed by atoms with van der Waals surface area (Å²) in [5, 5.41) is 2.73. The van der Waals surface area contributed by atoms with E-state index >= 15 is 0 Å². The van der Waals surface area contributed by atoms with Gasteiger partial charge in [0.1, 0.15) is 18.4 Å². The number of anilines is 3. The first-order valence-corrected chi connectivity index (χ1v) is 12.2. The van der Waals surface area contributed by atoms with Gasteiger partial charge >= 0.3 is 0 Å². The minimum absolute atomic E-state index is 0.0503. The number of fused-ring (bicyclic) bond motifs is 3. The Labute approximate surface area is 193 Å². The van der Waals surface area contributed by atoms with Crippen LogP contribution in [0.15, 0.2) is 41.3 Å². The van der Waals surface area contributed by atoms with E-state index in [2.05, 4.69) is 5.32 Å². The summed E-state index contributed by atoms with van der Waals surface area (Å²) in [6.07, 6.45) is 2.51. The third-order valence-electron chi connectivity index (χ3n) is 6.14. The van der Waals surface area contributed by atoms with Gasteiger partial charge in [0.2, 0.25) is 21.8 Å². The molecule has 0 spiro atoms. The summed E-state index contributed by atoms with van der Waals surface area (Å²) in [5.41, 5.74) is 2.15. The van der Waals surface area contributed by atoms with Crippen LogP contribution in [-0.4, -0.2) is 57.8 Å². The van der Waals surface area contributed by atoms with E-state index in [1.165, 1.54) is 49.3 Å². The summed E-state index contributed by atoms with van der Waals surface area (Å²) in [5.74, 6) is -1.08. The molecule has 0 saturated carbocycles. The van der Waals surface area contributed by atoms with Crippen molar-refractivity contribution in [3.63, 3.8) is 0 Å². The first-order valence-electron chi connectivity index (χ1n) is 10.8. The van der Waals surface area contributed by atoms with Gasteiger partial charge in [0.05, 0.1) is 16.3 Å². The van der Waals surface area contributed by atoms with E-state index in [9.17, 15) is 22.4 Å². The van der Waals surface area contributed by atoms with E-state index in [0.29, 0.717) is 29.9 Å². The molecule has 10 heteroatoms. The highest BCUT2D eigenvalue weighted by Crippen LogP contribution is 2.40. The lowest BCUT2D eigenvalue weighted by Gasteiger charge is -2.45. The molecule has 0 aliphatic carbocycles. The zero-order valence-corrected chi connectivity index (χ0v) is 19.7. The third-order valence-corrected chi connectivity index (χ3v) is 7.95. The molecule has 1 fully saturated rings. The normalized spacial score (nSPS) is 18.2. The fourth-order valence-electron chi connectivity index (χ4n) is 4.37. The van der Waals surface area contributed by atoms with Crippen molar-refractivity contribution in [1.82, 2.24) is 4.31 Å². The summed E-state index contributed by atoms with van der Waals surface area (Å²) < 4.78 is 39.9. The summed E-state index contributed by atoms with van der Waals surface area (Å²) in [6, 6.07) is 8.37. The number of aryl methyl sites for hydroxylation is 1. The van der Waals surface area contributed by atoms with E-state index in [4.69, 9.17) is 0 Å². The van der Waals surface area contributed by atoms with Gasteiger partial charge in [0.15, 0.2) is 0 Å². The molecular weight excluding hydrogens is 447 g/mol. The van der Waals surface area contributed by atoms with E-state index in [0.717, 1.165) is 22.8 Å². The Balaban J connectivity index is 1.70. The van der Waals surface area contributed by atoms with Crippen LogP contribution in [0.2, 0.25) is 0 Å². The quantitative estimate of drug-likeness (QED) is 0.720. The van der Waals surface area contributed by atoms with Crippen LogP contribution >= 0.6 is 0 Å². The van der Waals surface area contributed by atoms with Crippen LogP contribution in [0, 0.1) is 12.7 Å². The molecule has 0 bridgehead atoms. The Morgan fingerprint density at radius 2 is 1.91 bits per heavy atom. The van der Waals surface area contributed by atoms with Crippen LogP contribution in [-0.2, 0) is 19.6 Å². The van der Waals surface area contributed by atoms with Crippen LogP contribution in [0.1, 0.15) is 24.8 Å². The molecule has 0 radical (unpaired) electrons. The molecule has 1 saturated heterocycles. The zero-order chi connectivity index (χ0) is 23.9. The van der Waals surface area contributed by atoms with Crippen molar-refractivity contribution >= 4 is 38.9 Å². The van der Waals surface area contributed by atoms with Crippen molar-refractivity contribution in [2.75, 3.05) is 42.3 Å². The van der Waals surface area contributed by atoms with Gasteiger partial charge < -0.3 is 10.2 Å². The average molecular weight is 475 g/mol. The van der Waals surface area contributed by atoms with Crippen LogP contribution in [0.3, 0.4) is 0 Å². The van der Waals surface area contributed by atoms with E-state index in [-0.39, 0.29) is 23.4 Å². The van der Waals surface area contributed by atoms with Gasteiger partial charge in [0.25, 0.3) is 0 Å². The van der Waals surface area contributed by atoms with Gasteiger partial charge in [-0.1, -0.05) is 0 Å². The SMILES string of the molecule is Cc1cc(F)ccc1NC(=O)CN1C(=O)[C@@H]2CCCCN2c2ccc(S(=O)(=O)N(C)C)cc21. The highest BCUT2D eigenvalue weighted by Gasteiger charge is 2.40. The number of hydrogen-bond donors (Lipinski definition) is 1. The summed E-state index contributed by atoms with van der Waals surface area (Å²) in [7, 11) is -0.844. The van der Waals surface area contributed by atoms with Crippen LogP contribution in [0.5, 0.6) is 0 Å². The molecule has 2 aliphatic heterocycles. The minimum atomic E-state index is -3.73. The van der Waals surface area contributed by atoms with E-state index in [1.54, 1.807) is 13.0 Å². The molecule has 33 heavy (non-hydrogen) atoms. The monoisotopic (exact) mass is 474 g/mol. The summed E-state index contributed by atoms with van der Waals surface area (Å²) in [4.78, 5) is 29.7. The molecule has 4 rings (SSSR count).